The first-order valence-electron chi connectivity index (χ1n) is 5.49. The molecule has 3 heteroatoms. The first-order valence-corrected chi connectivity index (χ1v) is 9.78. The second kappa shape index (κ2) is 6.10. The number of hydrogen-bond donors (Lipinski definition) is 1. The minimum atomic E-state index is -1.33. The van der Waals surface area contributed by atoms with Gasteiger partial charge in [0.15, 0.2) is 0 Å². The Morgan fingerprint density at radius 3 is 2.31 bits per heavy atom. The summed E-state index contributed by atoms with van der Waals surface area (Å²) in [6, 6.07) is 10.2. The molecule has 0 radical (unpaired) electrons. The molecule has 88 valence electrons. The Labute approximate surface area is 102 Å². The van der Waals surface area contributed by atoms with Crippen LogP contribution in [0.25, 0.3) is 0 Å². The zero-order valence-electron chi connectivity index (χ0n) is 10.1. The van der Waals surface area contributed by atoms with E-state index in [0.717, 1.165) is 5.21 Å². The number of hydrogen-bond acceptors (Lipinski definition) is 1. The first kappa shape index (κ1) is 13.3. The summed E-state index contributed by atoms with van der Waals surface area (Å²) in [5.74, 6) is -0.375. The van der Waals surface area contributed by atoms with E-state index in [-0.39, 0.29) is 10.6 Å². The van der Waals surface area contributed by atoms with E-state index in [2.05, 4.69) is 17.8 Å². The number of carboxylic acid groups (broad SMARTS) is 1. The molecule has 0 saturated heterocycles. The molecule has 0 aliphatic rings. The Morgan fingerprint density at radius 2 is 1.88 bits per heavy atom. The maximum atomic E-state index is 11.2. The normalized spacial score (nSPS) is 14.8. The summed E-state index contributed by atoms with van der Waals surface area (Å²) in [6.45, 7) is 4.02. The Morgan fingerprint density at radius 1 is 1.31 bits per heavy atom. The van der Waals surface area contributed by atoms with Crippen LogP contribution in [0, 0.1) is 5.92 Å². The molecule has 0 aliphatic carbocycles. The molecule has 0 fully saturated rings. The average molecular weight is 282 g/mol. The van der Waals surface area contributed by atoms with Gasteiger partial charge in [0.2, 0.25) is 0 Å². The van der Waals surface area contributed by atoms with Crippen LogP contribution in [0.4, 0.5) is 0 Å². The molecule has 1 aromatic rings. The van der Waals surface area contributed by atoms with Crippen LogP contribution in [0.1, 0.15) is 19.4 Å². The number of rotatable bonds is 5. The van der Waals surface area contributed by atoms with Crippen LogP contribution in [0.15, 0.2) is 30.3 Å². The Kier molecular flexibility index (Phi) is 5.08. The van der Waals surface area contributed by atoms with Gasteiger partial charge in [-0.05, 0) is 0 Å². The standard InChI is InChI=1S/C13H19AsO2/c1-10(2)12(13(15)16)14(3)9-11-7-5-4-6-8-11/h4-8,10,12H,9H2,1-3H3,(H,15,16). The van der Waals surface area contributed by atoms with E-state index >= 15 is 0 Å². The van der Waals surface area contributed by atoms with Gasteiger partial charge in [0, 0.05) is 0 Å². The molecule has 0 aliphatic heterocycles. The second-order valence-electron chi connectivity index (χ2n) is 4.43. The van der Waals surface area contributed by atoms with E-state index in [9.17, 15) is 9.90 Å². The molecular weight excluding hydrogens is 263 g/mol. The SMILES string of the molecule is CC(C)C(C(=O)O)[As](C)Cc1ccccc1. The molecular formula is C13H19AsO2. The minimum absolute atomic E-state index is 0.118. The summed E-state index contributed by atoms with van der Waals surface area (Å²) in [5.41, 5.74) is 3.44. The number of carboxylic acids is 1. The molecule has 1 rings (SSSR count). The predicted octanol–water partition coefficient (Wildman–Crippen LogP) is 3.00. The van der Waals surface area contributed by atoms with Crippen LogP contribution in [0.2, 0.25) is 10.4 Å². The summed E-state index contributed by atoms with van der Waals surface area (Å²) in [5, 5.41) is 10.2. The Hall–Kier alpha value is -0.752. The van der Waals surface area contributed by atoms with Crippen LogP contribution >= 0.6 is 0 Å². The molecule has 0 saturated carbocycles. The van der Waals surface area contributed by atoms with Crippen LogP contribution in [0.3, 0.4) is 0 Å². The first-order chi connectivity index (χ1) is 7.52. The van der Waals surface area contributed by atoms with Crippen molar-refractivity contribution in [3.63, 3.8) is 0 Å². The van der Waals surface area contributed by atoms with Crippen molar-refractivity contribution in [1.82, 2.24) is 0 Å². The van der Waals surface area contributed by atoms with Gasteiger partial charge >= 0.3 is 102 Å². The monoisotopic (exact) mass is 282 g/mol. The molecule has 0 aromatic heterocycles. The number of benzene rings is 1. The summed E-state index contributed by atoms with van der Waals surface area (Å²) in [7, 11) is 0. The maximum absolute atomic E-state index is 11.2. The van der Waals surface area contributed by atoms with Crippen molar-refractivity contribution in [2.45, 2.75) is 29.5 Å². The van der Waals surface area contributed by atoms with Crippen molar-refractivity contribution in [3.05, 3.63) is 35.9 Å². The second-order valence-corrected chi connectivity index (χ2v) is 9.44. The molecule has 1 N–H and O–H groups in total. The molecule has 0 amide bonds. The van der Waals surface area contributed by atoms with Gasteiger partial charge < -0.3 is 0 Å². The number of carbonyl (C=O) groups is 1. The fourth-order valence-electron chi connectivity index (χ4n) is 1.95. The molecule has 2 atom stereocenters. The molecule has 1 aromatic carbocycles. The van der Waals surface area contributed by atoms with Crippen molar-refractivity contribution in [2.75, 3.05) is 0 Å². The van der Waals surface area contributed by atoms with Gasteiger partial charge in [0.1, 0.15) is 0 Å². The Bertz CT molecular complexity index is 335. The summed E-state index contributed by atoms with van der Waals surface area (Å²) in [6.07, 6.45) is 0. The van der Waals surface area contributed by atoms with Crippen LogP contribution in [0.5, 0.6) is 0 Å². The van der Waals surface area contributed by atoms with Crippen molar-refractivity contribution >= 4 is 20.6 Å². The zero-order valence-corrected chi connectivity index (χ0v) is 11.9. The van der Waals surface area contributed by atoms with Gasteiger partial charge in [-0.1, -0.05) is 0 Å². The Balaban J connectivity index is 2.70. The van der Waals surface area contributed by atoms with Crippen LogP contribution < -0.4 is 0 Å². The van der Waals surface area contributed by atoms with Gasteiger partial charge in [0.05, 0.1) is 0 Å². The van der Waals surface area contributed by atoms with E-state index in [0.29, 0.717) is 0 Å². The van der Waals surface area contributed by atoms with Gasteiger partial charge in [-0.3, -0.25) is 0 Å². The zero-order chi connectivity index (χ0) is 12.1. The van der Waals surface area contributed by atoms with E-state index in [1.807, 2.05) is 32.0 Å². The van der Waals surface area contributed by atoms with Crippen molar-refractivity contribution in [3.8, 4) is 0 Å². The molecule has 0 bridgehead atoms. The summed E-state index contributed by atoms with van der Waals surface area (Å²) >= 11 is -1.33. The summed E-state index contributed by atoms with van der Waals surface area (Å²) < 4.78 is -0.118. The molecule has 0 heterocycles. The third-order valence-electron chi connectivity index (χ3n) is 2.63. The molecule has 16 heavy (non-hydrogen) atoms. The number of aliphatic carboxylic acids is 1. The third kappa shape index (κ3) is 3.68. The van der Waals surface area contributed by atoms with Crippen LogP contribution in [-0.2, 0) is 10.0 Å². The molecule has 2 nitrogen and oxygen atoms in total. The van der Waals surface area contributed by atoms with Gasteiger partial charge in [-0.2, -0.15) is 0 Å². The van der Waals surface area contributed by atoms with Gasteiger partial charge in [-0.25, -0.2) is 0 Å². The quantitative estimate of drug-likeness (QED) is 0.843. The summed E-state index contributed by atoms with van der Waals surface area (Å²) in [4.78, 5) is 11.2. The van der Waals surface area contributed by atoms with Crippen molar-refractivity contribution < 1.29 is 9.90 Å². The van der Waals surface area contributed by atoms with E-state index in [4.69, 9.17) is 0 Å². The fraction of sp³-hybridized carbons (Fsp3) is 0.462. The fourth-order valence-corrected chi connectivity index (χ4v) is 6.94. The molecule has 0 spiro atoms. The van der Waals surface area contributed by atoms with Crippen molar-refractivity contribution in [1.29, 1.82) is 0 Å². The van der Waals surface area contributed by atoms with E-state index in [1.165, 1.54) is 5.56 Å². The third-order valence-corrected chi connectivity index (χ3v) is 8.15. The topological polar surface area (TPSA) is 37.3 Å². The van der Waals surface area contributed by atoms with E-state index in [1.54, 1.807) is 0 Å². The van der Waals surface area contributed by atoms with Crippen molar-refractivity contribution in [2.24, 2.45) is 5.92 Å². The van der Waals surface area contributed by atoms with Gasteiger partial charge in [0.25, 0.3) is 0 Å². The van der Waals surface area contributed by atoms with E-state index < -0.39 is 20.6 Å². The van der Waals surface area contributed by atoms with Gasteiger partial charge in [-0.15, -0.1) is 0 Å². The molecule has 2 unspecified atom stereocenters. The predicted molar refractivity (Wildman–Crippen MR) is 68.0 cm³/mol. The van der Waals surface area contributed by atoms with Crippen LogP contribution in [-0.4, -0.2) is 25.7 Å². The average Bonchev–Trinajstić information content (AvgIpc) is 2.17.